The van der Waals surface area contributed by atoms with E-state index in [0.717, 1.165) is 9.21 Å². The SMILES string of the molecule is CC(CN)N1CC(c2ccc(Cl)s2)NC1=O. The van der Waals surface area contributed by atoms with Crippen molar-refractivity contribution in [1.29, 1.82) is 0 Å². The molecule has 2 amide bonds. The molecule has 2 atom stereocenters. The van der Waals surface area contributed by atoms with Crippen LogP contribution in [0.25, 0.3) is 0 Å². The van der Waals surface area contributed by atoms with E-state index in [9.17, 15) is 4.79 Å². The summed E-state index contributed by atoms with van der Waals surface area (Å²) < 4.78 is 0.745. The second-order valence-corrected chi connectivity index (χ2v) is 5.63. The van der Waals surface area contributed by atoms with E-state index in [0.29, 0.717) is 13.1 Å². The Morgan fingerprint density at radius 2 is 2.50 bits per heavy atom. The first-order valence-electron chi connectivity index (χ1n) is 5.14. The molecular weight excluding hydrogens is 246 g/mol. The van der Waals surface area contributed by atoms with Crippen molar-refractivity contribution < 1.29 is 4.79 Å². The average Bonchev–Trinajstić information content (AvgIpc) is 2.83. The summed E-state index contributed by atoms with van der Waals surface area (Å²) in [6.45, 7) is 3.09. The summed E-state index contributed by atoms with van der Waals surface area (Å²) in [6, 6.07) is 3.86. The first kappa shape index (κ1) is 11.7. The van der Waals surface area contributed by atoms with Crippen LogP contribution in [0.1, 0.15) is 17.8 Å². The lowest BCUT2D eigenvalue weighted by Gasteiger charge is -2.21. The number of amides is 2. The highest BCUT2D eigenvalue weighted by molar-refractivity contribution is 7.16. The number of nitrogens with one attached hydrogen (secondary N) is 1. The van der Waals surface area contributed by atoms with E-state index in [2.05, 4.69) is 5.32 Å². The molecule has 1 saturated heterocycles. The van der Waals surface area contributed by atoms with Crippen molar-refractivity contribution in [3.05, 3.63) is 21.3 Å². The monoisotopic (exact) mass is 259 g/mol. The van der Waals surface area contributed by atoms with E-state index in [1.807, 2.05) is 19.1 Å². The van der Waals surface area contributed by atoms with Gasteiger partial charge in [0.05, 0.1) is 10.4 Å². The van der Waals surface area contributed by atoms with Crippen LogP contribution in [0, 0.1) is 0 Å². The lowest BCUT2D eigenvalue weighted by molar-refractivity contribution is 0.203. The van der Waals surface area contributed by atoms with Crippen molar-refractivity contribution in [3.63, 3.8) is 0 Å². The highest BCUT2D eigenvalue weighted by atomic mass is 35.5. The molecule has 1 aliphatic rings. The number of rotatable bonds is 3. The number of urea groups is 1. The molecule has 0 aliphatic carbocycles. The largest absolute Gasteiger partial charge is 0.329 e. The van der Waals surface area contributed by atoms with Gasteiger partial charge in [-0.15, -0.1) is 11.3 Å². The third kappa shape index (κ3) is 2.16. The summed E-state index contributed by atoms with van der Waals surface area (Å²) in [7, 11) is 0. The molecule has 0 saturated carbocycles. The van der Waals surface area contributed by atoms with Gasteiger partial charge in [-0.1, -0.05) is 11.6 Å². The predicted molar refractivity (Wildman–Crippen MR) is 65.8 cm³/mol. The van der Waals surface area contributed by atoms with Crippen molar-refractivity contribution in [2.24, 2.45) is 5.73 Å². The molecule has 1 aromatic heterocycles. The van der Waals surface area contributed by atoms with E-state index < -0.39 is 0 Å². The third-order valence-corrected chi connectivity index (χ3v) is 4.09. The second-order valence-electron chi connectivity index (χ2n) is 3.88. The highest BCUT2D eigenvalue weighted by Gasteiger charge is 2.32. The fourth-order valence-electron chi connectivity index (χ4n) is 1.74. The van der Waals surface area contributed by atoms with Gasteiger partial charge < -0.3 is 16.0 Å². The molecule has 88 valence electrons. The molecule has 1 fully saturated rings. The molecule has 0 spiro atoms. The van der Waals surface area contributed by atoms with Gasteiger partial charge in [-0.3, -0.25) is 0 Å². The van der Waals surface area contributed by atoms with Crippen molar-refractivity contribution in [3.8, 4) is 0 Å². The normalized spacial score (nSPS) is 22.3. The van der Waals surface area contributed by atoms with Crippen LogP contribution < -0.4 is 11.1 Å². The van der Waals surface area contributed by atoms with Gasteiger partial charge in [0.25, 0.3) is 0 Å². The number of nitrogens with two attached hydrogens (primary N) is 1. The van der Waals surface area contributed by atoms with Crippen LogP contribution >= 0.6 is 22.9 Å². The quantitative estimate of drug-likeness (QED) is 0.870. The maximum absolute atomic E-state index is 11.7. The van der Waals surface area contributed by atoms with Crippen LogP contribution in [0.2, 0.25) is 4.34 Å². The van der Waals surface area contributed by atoms with Gasteiger partial charge >= 0.3 is 6.03 Å². The predicted octanol–water partition coefficient (Wildman–Crippen LogP) is 1.81. The molecule has 2 rings (SSSR count). The fraction of sp³-hybridized carbons (Fsp3) is 0.500. The minimum Gasteiger partial charge on any atom is -0.329 e. The highest BCUT2D eigenvalue weighted by Crippen LogP contribution is 2.30. The van der Waals surface area contributed by atoms with Crippen LogP contribution in [0.5, 0.6) is 0 Å². The topological polar surface area (TPSA) is 58.4 Å². The summed E-state index contributed by atoms with van der Waals surface area (Å²) in [6.07, 6.45) is 0. The lowest BCUT2D eigenvalue weighted by atomic mass is 10.2. The Labute approximate surface area is 103 Å². The Bertz CT molecular complexity index is 395. The van der Waals surface area contributed by atoms with Gasteiger partial charge in [0.2, 0.25) is 0 Å². The number of carbonyl (C=O) groups excluding carboxylic acids is 1. The Balaban J connectivity index is 2.09. The van der Waals surface area contributed by atoms with E-state index in [4.69, 9.17) is 17.3 Å². The van der Waals surface area contributed by atoms with E-state index >= 15 is 0 Å². The van der Waals surface area contributed by atoms with Crippen LogP contribution in [-0.4, -0.2) is 30.1 Å². The number of hydrogen-bond acceptors (Lipinski definition) is 3. The molecular formula is C10H14ClN3OS. The van der Waals surface area contributed by atoms with Crippen molar-refractivity contribution >= 4 is 29.0 Å². The van der Waals surface area contributed by atoms with Gasteiger partial charge in [0.1, 0.15) is 0 Å². The Kier molecular flexibility index (Phi) is 3.37. The Morgan fingerprint density at radius 3 is 3.06 bits per heavy atom. The molecule has 16 heavy (non-hydrogen) atoms. The number of thiophene rings is 1. The number of nitrogens with zero attached hydrogens (tertiary/aromatic N) is 1. The first-order valence-corrected chi connectivity index (χ1v) is 6.33. The van der Waals surface area contributed by atoms with Gasteiger partial charge in [0, 0.05) is 24.0 Å². The molecule has 1 aliphatic heterocycles. The number of hydrogen-bond donors (Lipinski definition) is 2. The minimum absolute atomic E-state index is 0.0407. The summed E-state index contributed by atoms with van der Waals surface area (Å²) in [5.74, 6) is 0. The maximum Gasteiger partial charge on any atom is 0.318 e. The van der Waals surface area contributed by atoms with Crippen LogP contribution in [-0.2, 0) is 0 Å². The number of carbonyl (C=O) groups is 1. The summed E-state index contributed by atoms with van der Waals surface area (Å²) >= 11 is 7.37. The molecule has 2 heterocycles. The Hall–Kier alpha value is -0.780. The van der Waals surface area contributed by atoms with E-state index in [1.165, 1.54) is 11.3 Å². The molecule has 2 unspecified atom stereocenters. The zero-order chi connectivity index (χ0) is 11.7. The standard InChI is InChI=1S/C10H14ClN3OS/c1-6(4-12)14-5-7(13-10(14)15)8-2-3-9(11)16-8/h2-3,6-7H,4-5,12H2,1H3,(H,13,15). The molecule has 0 bridgehead atoms. The minimum atomic E-state index is -0.0486. The molecule has 4 nitrogen and oxygen atoms in total. The molecule has 0 radical (unpaired) electrons. The van der Waals surface area contributed by atoms with E-state index in [-0.39, 0.29) is 18.1 Å². The smallest absolute Gasteiger partial charge is 0.318 e. The summed E-state index contributed by atoms with van der Waals surface area (Å²) in [5.41, 5.74) is 5.56. The van der Waals surface area contributed by atoms with E-state index in [1.54, 1.807) is 4.90 Å². The second kappa shape index (κ2) is 4.61. The summed E-state index contributed by atoms with van der Waals surface area (Å²) in [4.78, 5) is 14.5. The molecule has 0 aromatic carbocycles. The third-order valence-electron chi connectivity index (χ3n) is 2.75. The molecule has 6 heteroatoms. The van der Waals surface area contributed by atoms with Crippen molar-refractivity contribution in [1.82, 2.24) is 10.2 Å². The zero-order valence-corrected chi connectivity index (χ0v) is 10.5. The first-order chi connectivity index (χ1) is 7.61. The van der Waals surface area contributed by atoms with Crippen LogP contribution in [0.15, 0.2) is 12.1 Å². The maximum atomic E-state index is 11.7. The van der Waals surface area contributed by atoms with Crippen LogP contribution in [0.3, 0.4) is 0 Å². The van der Waals surface area contributed by atoms with Gasteiger partial charge in [-0.25, -0.2) is 4.79 Å². The Morgan fingerprint density at radius 1 is 1.75 bits per heavy atom. The van der Waals surface area contributed by atoms with Gasteiger partial charge in [0.15, 0.2) is 0 Å². The average molecular weight is 260 g/mol. The van der Waals surface area contributed by atoms with Crippen molar-refractivity contribution in [2.75, 3.05) is 13.1 Å². The van der Waals surface area contributed by atoms with Gasteiger partial charge in [-0.05, 0) is 19.1 Å². The molecule has 3 N–H and O–H groups in total. The molecule has 1 aromatic rings. The van der Waals surface area contributed by atoms with Gasteiger partial charge in [-0.2, -0.15) is 0 Å². The lowest BCUT2D eigenvalue weighted by Crippen LogP contribution is -2.40. The van der Waals surface area contributed by atoms with Crippen molar-refractivity contribution in [2.45, 2.75) is 19.0 Å². The zero-order valence-electron chi connectivity index (χ0n) is 8.94. The number of halogens is 1. The van der Waals surface area contributed by atoms with Crippen LogP contribution in [0.4, 0.5) is 4.79 Å². The fourth-order valence-corrected chi connectivity index (χ4v) is 2.84. The summed E-state index contributed by atoms with van der Waals surface area (Å²) in [5, 5.41) is 2.93.